The number of rotatable bonds is 4. The minimum atomic E-state index is -0.473. The molecule has 0 atom stereocenters. The van der Waals surface area contributed by atoms with Crippen LogP contribution in [0.15, 0.2) is 61.9 Å². The first kappa shape index (κ1) is 14.8. The van der Waals surface area contributed by atoms with E-state index in [1.165, 1.54) is 6.07 Å². The van der Waals surface area contributed by atoms with Gasteiger partial charge in [-0.3, -0.25) is 9.78 Å². The number of hydrogen-bond donors (Lipinski definition) is 2. The molecule has 0 unspecified atom stereocenters. The summed E-state index contributed by atoms with van der Waals surface area (Å²) in [6.45, 7) is 0.563. The van der Waals surface area contributed by atoms with E-state index >= 15 is 0 Å². The van der Waals surface area contributed by atoms with Gasteiger partial charge in [-0.1, -0.05) is 28.1 Å². The van der Waals surface area contributed by atoms with Crippen molar-refractivity contribution in [1.82, 2.24) is 9.55 Å². The third kappa shape index (κ3) is 3.20. The zero-order valence-electron chi connectivity index (χ0n) is 11.4. The van der Waals surface area contributed by atoms with E-state index in [0.717, 1.165) is 13.9 Å². The molecule has 5 nitrogen and oxygen atoms in total. The smallest absolute Gasteiger partial charge is 0.334 e. The maximum absolute atomic E-state index is 12.2. The molecule has 3 aromatic rings. The number of aromatic nitrogens is 2. The number of nitrogens with zero attached hydrogens (tertiary/aromatic N) is 1. The summed E-state index contributed by atoms with van der Waals surface area (Å²) in [5.41, 5.74) is -0.333. The van der Waals surface area contributed by atoms with E-state index in [2.05, 4.69) is 26.2 Å². The Balaban J connectivity index is 1.91. The molecule has 0 bridgehead atoms. The average molecular weight is 378 g/mol. The molecule has 112 valence electrons. The lowest BCUT2D eigenvalue weighted by atomic mass is 10.3. The molecule has 1 aromatic carbocycles. The molecule has 7 heteroatoms. The highest BCUT2D eigenvalue weighted by Crippen LogP contribution is 2.13. The molecule has 0 saturated carbocycles. The highest BCUT2D eigenvalue weighted by molar-refractivity contribution is 9.10. The molecule has 2 N–H and O–H groups in total. The summed E-state index contributed by atoms with van der Waals surface area (Å²) in [4.78, 5) is 28.2. The number of H-pyrrole nitrogens is 1. The number of anilines is 1. The Labute approximate surface area is 138 Å². The van der Waals surface area contributed by atoms with Gasteiger partial charge in [0.15, 0.2) is 0 Å². The highest BCUT2D eigenvalue weighted by Gasteiger charge is 2.07. The van der Waals surface area contributed by atoms with Gasteiger partial charge in [0.2, 0.25) is 0 Å². The van der Waals surface area contributed by atoms with Crippen molar-refractivity contribution >= 4 is 33.1 Å². The first-order chi connectivity index (χ1) is 10.6. The maximum Gasteiger partial charge on any atom is 0.334 e. The minimum absolute atomic E-state index is 0.379. The van der Waals surface area contributed by atoms with E-state index in [1.54, 1.807) is 29.5 Å². The molecule has 2 heterocycles. The van der Waals surface area contributed by atoms with Crippen molar-refractivity contribution < 1.29 is 0 Å². The second kappa shape index (κ2) is 6.33. The first-order valence-electron chi connectivity index (χ1n) is 6.52. The lowest BCUT2D eigenvalue weighted by Crippen LogP contribution is -2.33. The van der Waals surface area contributed by atoms with Crippen molar-refractivity contribution in [2.24, 2.45) is 0 Å². The van der Waals surface area contributed by atoms with Gasteiger partial charge in [-0.05, 0) is 29.6 Å². The van der Waals surface area contributed by atoms with Gasteiger partial charge in [0.25, 0.3) is 5.56 Å². The van der Waals surface area contributed by atoms with Crippen molar-refractivity contribution in [2.45, 2.75) is 6.54 Å². The van der Waals surface area contributed by atoms with Crippen LogP contribution in [0.25, 0.3) is 5.69 Å². The SMILES string of the molecule is O=c1cc(NCc2cccs2)[nH]c(=O)n1-c1cccc(Br)c1. The molecular weight excluding hydrogens is 366 g/mol. The molecule has 0 amide bonds. The fourth-order valence-corrected chi connectivity index (χ4v) is 3.08. The summed E-state index contributed by atoms with van der Waals surface area (Å²) in [6.07, 6.45) is 0. The third-order valence-corrected chi connectivity index (χ3v) is 4.40. The number of nitrogens with one attached hydrogen (secondary N) is 2. The first-order valence-corrected chi connectivity index (χ1v) is 8.19. The predicted molar refractivity (Wildman–Crippen MR) is 92.0 cm³/mol. The molecule has 3 rings (SSSR count). The van der Waals surface area contributed by atoms with Crippen LogP contribution < -0.4 is 16.6 Å². The second-order valence-electron chi connectivity index (χ2n) is 4.57. The van der Waals surface area contributed by atoms with E-state index in [1.807, 2.05) is 23.6 Å². The second-order valence-corrected chi connectivity index (χ2v) is 6.52. The molecule has 2 aromatic heterocycles. The number of hydrogen-bond acceptors (Lipinski definition) is 4. The maximum atomic E-state index is 12.2. The Morgan fingerprint density at radius 3 is 2.73 bits per heavy atom. The van der Waals surface area contributed by atoms with Gasteiger partial charge >= 0.3 is 5.69 Å². The van der Waals surface area contributed by atoms with E-state index in [9.17, 15) is 9.59 Å². The van der Waals surface area contributed by atoms with Crippen LogP contribution in [-0.4, -0.2) is 9.55 Å². The zero-order valence-corrected chi connectivity index (χ0v) is 13.8. The van der Waals surface area contributed by atoms with Gasteiger partial charge in [-0.25, -0.2) is 9.36 Å². The molecule has 0 radical (unpaired) electrons. The van der Waals surface area contributed by atoms with Gasteiger partial charge in [-0.2, -0.15) is 0 Å². The van der Waals surface area contributed by atoms with Crippen molar-refractivity contribution in [3.05, 3.63) is 78.0 Å². The quantitative estimate of drug-likeness (QED) is 0.734. The fourth-order valence-electron chi connectivity index (χ4n) is 2.05. The van der Waals surface area contributed by atoms with Crippen molar-refractivity contribution in [1.29, 1.82) is 0 Å². The Hall–Kier alpha value is -2.12. The molecule has 0 fully saturated rings. The standard InChI is InChI=1S/C15H12BrN3O2S/c16-10-3-1-4-11(7-10)19-14(20)8-13(18-15(19)21)17-9-12-5-2-6-22-12/h1-8,17H,9H2,(H,18,21). The summed E-state index contributed by atoms with van der Waals surface area (Å²) in [7, 11) is 0. The Morgan fingerprint density at radius 2 is 2.05 bits per heavy atom. The van der Waals surface area contributed by atoms with Crippen LogP contribution in [0.1, 0.15) is 4.88 Å². The van der Waals surface area contributed by atoms with Crippen LogP contribution >= 0.6 is 27.3 Å². The van der Waals surface area contributed by atoms with Crippen LogP contribution in [-0.2, 0) is 6.54 Å². The van der Waals surface area contributed by atoms with Crippen LogP contribution in [0.4, 0.5) is 5.82 Å². The van der Waals surface area contributed by atoms with Crippen LogP contribution in [0.3, 0.4) is 0 Å². The summed E-state index contributed by atoms with van der Waals surface area (Å²) in [6, 6.07) is 12.4. The Morgan fingerprint density at radius 1 is 1.18 bits per heavy atom. The van der Waals surface area contributed by atoms with Gasteiger partial charge in [0.05, 0.1) is 12.2 Å². The topological polar surface area (TPSA) is 66.9 Å². The number of benzene rings is 1. The molecular formula is C15H12BrN3O2S. The summed E-state index contributed by atoms with van der Waals surface area (Å²) < 4.78 is 1.90. The normalized spacial score (nSPS) is 10.6. The molecule has 0 spiro atoms. The molecule has 0 aliphatic rings. The zero-order chi connectivity index (χ0) is 15.5. The van der Waals surface area contributed by atoms with E-state index in [-0.39, 0.29) is 5.56 Å². The highest BCUT2D eigenvalue weighted by atomic mass is 79.9. The third-order valence-electron chi connectivity index (χ3n) is 3.03. The molecule has 0 aliphatic heterocycles. The summed E-state index contributed by atoms with van der Waals surface area (Å²) >= 11 is 4.94. The minimum Gasteiger partial charge on any atom is -0.366 e. The van der Waals surface area contributed by atoms with Gasteiger partial charge < -0.3 is 5.32 Å². The van der Waals surface area contributed by atoms with Gasteiger partial charge in [-0.15, -0.1) is 11.3 Å². The lowest BCUT2D eigenvalue weighted by molar-refractivity contribution is 0.873. The largest absolute Gasteiger partial charge is 0.366 e. The van der Waals surface area contributed by atoms with Crippen molar-refractivity contribution in [3.8, 4) is 5.69 Å². The van der Waals surface area contributed by atoms with E-state index in [4.69, 9.17) is 0 Å². The number of halogens is 1. The van der Waals surface area contributed by atoms with Gasteiger partial charge in [0, 0.05) is 15.4 Å². The average Bonchev–Trinajstić information content (AvgIpc) is 2.98. The van der Waals surface area contributed by atoms with Crippen molar-refractivity contribution in [3.63, 3.8) is 0 Å². The van der Waals surface area contributed by atoms with Gasteiger partial charge in [0.1, 0.15) is 5.82 Å². The molecule has 22 heavy (non-hydrogen) atoms. The molecule has 0 aliphatic carbocycles. The monoisotopic (exact) mass is 377 g/mol. The fraction of sp³-hybridized carbons (Fsp3) is 0.0667. The Kier molecular flexibility index (Phi) is 4.26. The van der Waals surface area contributed by atoms with Crippen molar-refractivity contribution in [2.75, 3.05) is 5.32 Å². The predicted octanol–water partition coefficient (Wildman–Crippen LogP) is 2.96. The summed E-state index contributed by atoms with van der Waals surface area (Å²) in [5, 5.41) is 5.03. The lowest BCUT2D eigenvalue weighted by Gasteiger charge is -2.08. The van der Waals surface area contributed by atoms with E-state index in [0.29, 0.717) is 18.1 Å². The molecule has 0 saturated heterocycles. The summed E-state index contributed by atoms with van der Waals surface area (Å²) in [5.74, 6) is 0.412. The Bertz CT molecular complexity index is 868. The van der Waals surface area contributed by atoms with E-state index < -0.39 is 5.69 Å². The number of aromatic amines is 1. The van der Waals surface area contributed by atoms with Crippen LogP contribution in [0, 0.1) is 0 Å². The van der Waals surface area contributed by atoms with Crippen LogP contribution in [0.5, 0.6) is 0 Å². The van der Waals surface area contributed by atoms with Crippen LogP contribution in [0.2, 0.25) is 0 Å². The number of thiophene rings is 1.